The van der Waals surface area contributed by atoms with Gasteiger partial charge in [-0.3, -0.25) is 10.3 Å². The summed E-state index contributed by atoms with van der Waals surface area (Å²) in [7, 11) is 1.58. The topological polar surface area (TPSA) is 84.7 Å². The number of carbonyl (C=O) groups excluding carboxylic acids is 1. The zero-order chi connectivity index (χ0) is 20.7. The van der Waals surface area contributed by atoms with Crippen molar-refractivity contribution in [3.63, 3.8) is 0 Å². The number of hydrogen-bond acceptors (Lipinski definition) is 5. The maximum atomic E-state index is 11.8. The third-order valence-electron chi connectivity index (χ3n) is 4.97. The molecule has 3 heterocycles. The van der Waals surface area contributed by atoms with E-state index in [1.54, 1.807) is 13.2 Å². The Morgan fingerprint density at radius 1 is 1.20 bits per heavy atom. The van der Waals surface area contributed by atoms with Gasteiger partial charge in [-0.25, -0.2) is 14.5 Å². The molecule has 4 aromatic rings. The lowest BCUT2D eigenvalue weighted by molar-refractivity contribution is 0.254. The predicted molar refractivity (Wildman–Crippen MR) is 118 cm³/mol. The number of anilines is 1. The molecule has 1 aromatic carbocycles. The number of aromatic nitrogens is 4. The number of fused-ring (bicyclic) bond motifs is 3. The Morgan fingerprint density at radius 3 is 2.83 bits per heavy atom. The largest absolute Gasteiger partial charge is 0.341 e. The SMILES string of the molecule is CNC(=O)Nc1nc2c(s1)-c1c(c(-c3cccnc3)nn1-c1ccccc1Cl)CC2. The fourth-order valence-electron chi connectivity index (χ4n) is 3.62. The molecule has 0 atom stereocenters. The van der Waals surface area contributed by atoms with Crippen molar-refractivity contribution in [3.8, 4) is 27.5 Å². The van der Waals surface area contributed by atoms with Crippen LogP contribution < -0.4 is 10.6 Å². The number of pyridine rings is 1. The van der Waals surface area contributed by atoms with Gasteiger partial charge < -0.3 is 5.32 Å². The van der Waals surface area contributed by atoms with E-state index < -0.39 is 0 Å². The van der Waals surface area contributed by atoms with Crippen LogP contribution in [0.3, 0.4) is 0 Å². The molecule has 0 saturated carbocycles. The quantitative estimate of drug-likeness (QED) is 0.493. The van der Waals surface area contributed by atoms with Crippen molar-refractivity contribution in [2.24, 2.45) is 0 Å². The molecule has 2 amide bonds. The Bertz CT molecular complexity index is 1250. The van der Waals surface area contributed by atoms with E-state index in [4.69, 9.17) is 16.7 Å². The summed E-state index contributed by atoms with van der Waals surface area (Å²) in [5.74, 6) is 0. The number of aryl methyl sites for hydroxylation is 1. The number of amides is 2. The first-order valence-corrected chi connectivity index (χ1v) is 10.6. The molecule has 1 aliphatic carbocycles. The lowest BCUT2D eigenvalue weighted by atomic mass is 9.95. The number of benzene rings is 1. The summed E-state index contributed by atoms with van der Waals surface area (Å²) in [5.41, 5.74) is 5.68. The van der Waals surface area contributed by atoms with Crippen molar-refractivity contribution >= 4 is 34.1 Å². The molecular formula is C21H17ClN6OS. The van der Waals surface area contributed by atoms with Crippen molar-refractivity contribution < 1.29 is 4.79 Å². The van der Waals surface area contributed by atoms with Gasteiger partial charge in [0, 0.05) is 30.6 Å². The van der Waals surface area contributed by atoms with Crippen molar-refractivity contribution in [2.75, 3.05) is 12.4 Å². The number of urea groups is 1. The summed E-state index contributed by atoms with van der Waals surface area (Å²) in [6, 6.07) is 11.2. The van der Waals surface area contributed by atoms with Crippen LogP contribution in [0.15, 0.2) is 48.8 Å². The summed E-state index contributed by atoms with van der Waals surface area (Å²) in [6.45, 7) is 0. The first-order valence-electron chi connectivity index (χ1n) is 9.41. The normalized spacial score (nSPS) is 12.2. The summed E-state index contributed by atoms with van der Waals surface area (Å²) >= 11 is 7.97. The highest BCUT2D eigenvalue weighted by atomic mass is 35.5. The third kappa shape index (κ3) is 3.14. The number of nitrogens with one attached hydrogen (secondary N) is 2. The first kappa shape index (κ1) is 18.8. The van der Waals surface area contributed by atoms with E-state index in [1.165, 1.54) is 11.3 Å². The molecule has 0 bridgehead atoms. The fraction of sp³-hybridized carbons (Fsp3) is 0.143. The minimum atomic E-state index is -0.294. The van der Waals surface area contributed by atoms with Crippen LogP contribution in [0, 0.1) is 0 Å². The number of nitrogens with zero attached hydrogens (tertiary/aromatic N) is 4. The highest BCUT2D eigenvalue weighted by molar-refractivity contribution is 7.19. The highest BCUT2D eigenvalue weighted by Gasteiger charge is 2.30. The number of halogens is 1. The molecule has 0 saturated heterocycles. The van der Waals surface area contributed by atoms with Crippen LogP contribution in [0.1, 0.15) is 11.3 Å². The van der Waals surface area contributed by atoms with Crippen LogP contribution >= 0.6 is 22.9 Å². The molecule has 0 aliphatic heterocycles. The van der Waals surface area contributed by atoms with Gasteiger partial charge in [0.1, 0.15) is 0 Å². The lowest BCUT2D eigenvalue weighted by Crippen LogP contribution is -2.24. The molecule has 3 aromatic heterocycles. The lowest BCUT2D eigenvalue weighted by Gasteiger charge is -2.14. The van der Waals surface area contributed by atoms with Crippen molar-refractivity contribution in [2.45, 2.75) is 12.8 Å². The monoisotopic (exact) mass is 436 g/mol. The maximum absolute atomic E-state index is 11.8. The van der Waals surface area contributed by atoms with Crippen molar-refractivity contribution in [3.05, 3.63) is 65.1 Å². The van der Waals surface area contributed by atoms with Crippen LogP contribution in [0.2, 0.25) is 5.02 Å². The molecule has 1 aliphatic rings. The van der Waals surface area contributed by atoms with Gasteiger partial charge >= 0.3 is 6.03 Å². The fourth-order valence-corrected chi connectivity index (χ4v) is 4.90. The molecule has 9 heteroatoms. The average Bonchev–Trinajstić information content (AvgIpc) is 3.35. The highest BCUT2D eigenvalue weighted by Crippen LogP contribution is 2.44. The molecule has 5 rings (SSSR count). The Hall–Kier alpha value is -3.23. The van der Waals surface area contributed by atoms with E-state index >= 15 is 0 Å². The second-order valence-electron chi connectivity index (χ2n) is 6.78. The zero-order valence-electron chi connectivity index (χ0n) is 16.0. The molecule has 2 N–H and O–H groups in total. The van der Waals surface area contributed by atoms with Gasteiger partial charge in [-0.2, -0.15) is 5.10 Å². The molecule has 150 valence electrons. The van der Waals surface area contributed by atoms with Crippen LogP contribution in [-0.4, -0.2) is 32.8 Å². The third-order valence-corrected chi connectivity index (χ3v) is 6.31. The van der Waals surface area contributed by atoms with Gasteiger partial charge in [0.2, 0.25) is 0 Å². The van der Waals surface area contributed by atoms with Crippen LogP contribution in [0.5, 0.6) is 0 Å². The Morgan fingerprint density at radius 2 is 2.07 bits per heavy atom. The van der Waals surface area contributed by atoms with Gasteiger partial charge in [-0.1, -0.05) is 35.1 Å². The average molecular weight is 437 g/mol. The van der Waals surface area contributed by atoms with Gasteiger partial charge in [0.05, 0.1) is 32.7 Å². The van der Waals surface area contributed by atoms with Crippen LogP contribution in [0.25, 0.3) is 27.5 Å². The summed E-state index contributed by atoms with van der Waals surface area (Å²) in [4.78, 5) is 21.7. The van der Waals surface area contributed by atoms with E-state index in [2.05, 4.69) is 20.6 Å². The molecule has 0 spiro atoms. The number of para-hydroxylation sites is 1. The van der Waals surface area contributed by atoms with Crippen LogP contribution in [0.4, 0.5) is 9.93 Å². The molecule has 0 unspecified atom stereocenters. The van der Waals surface area contributed by atoms with Crippen LogP contribution in [-0.2, 0) is 12.8 Å². The van der Waals surface area contributed by atoms with E-state index in [0.29, 0.717) is 10.2 Å². The number of rotatable bonds is 3. The van der Waals surface area contributed by atoms with Crippen molar-refractivity contribution in [1.29, 1.82) is 0 Å². The van der Waals surface area contributed by atoms with Gasteiger partial charge in [-0.05, 0) is 37.1 Å². The van der Waals surface area contributed by atoms with Gasteiger partial charge in [0.15, 0.2) is 5.13 Å². The molecule has 0 radical (unpaired) electrons. The summed E-state index contributed by atoms with van der Waals surface area (Å²) in [6.07, 6.45) is 5.13. The minimum Gasteiger partial charge on any atom is -0.341 e. The summed E-state index contributed by atoms with van der Waals surface area (Å²) < 4.78 is 1.89. The molecule has 7 nitrogen and oxygen atoms in total. The van der Waals surface area contributed by atoms with E-state index in [0.717, 1.165) is 51.6 Å². The standard InChI is InChI=1S/C21H17ClN6OS/c1-23-20(29)26-21-25-15-9-8-13-17(12-5-4-10-24-11-12)27-28(18(13)19(15)30-21)16-7-3-2-6-14(16)22/h2-7,10-11H,8-9H2,1H3,(H2,23,25,26,29). The second kappa shape index (κ2) is 7.55. The van der Waals surface area contributed by atoms with E-state index in [9.17, 15) is 4.79 Å². The number of carbonyl (C=O) groups is 1. The van der Waals surface area contributed by atoms with E-state index in [-0.39, 0.29) is 6.03 Å². The van der Waals surface area contributed by atoms with Gasteiger partial charge in [0.25, 0.3) is 0 Å². The second-order valence-corrected chi connectivity index (χ2v) is 8.19. The maximum Gasteiger partial charge on any atom is 0.320 e. The molecular weight excluding hydrogens is 420 g/mol. The Balaban J connectivity index is 1.73. The Labute approximate surface area is 181 Å². The van der Waals surface area contributed by atoms with Crippen molar-refractivity contribution in [1.82, 2.24) is 25.1 Å². The summed E-state index contributed by atoms with van der Waals surface area (Å²) in [5, 5.41) is 11.5. The number of hydrogen-bond donors (Lipinski definition) is 2. The van der Waals surface area contributed by atoms with E-state index in [1.807, 2.05) is 47.3 Å². The first-order chi connectivity index (χ1) is 14.7. The van der Waals surface area contributed by atoms with Gasteiger partial charge in [-0.15, -0.1) is 0 Å². The predicted octanol–water partition coefficient (Wildman–Crippen LogP) is 4.56. The Kier molecular flexibility index (Phi) is 4.72. The molecule has 30 heavy (non-hydrogen) atoms. The molecule has 0 fully saturated rings. The minimum absolute atomic E-state index is 0.294. The smallest absolute Gasteiger partial charge is 0.320 e. The number of thiazole rings is 1. The zero-order valence-corrected chi connectivity index (χ0v) is 17.6.